The van der Waals surface area contributed by atoms with Crippen molar-refractivity contribution in [2.24, 2.45) is 0 Å². The summed E-state index contributed by atoms with van der Waals surface area (Å²) in [4.78, 5) is 2.13. The van der Waals surface area contributed by atoms with E-state index in [4.69, 9.17) is 9.84 Å². The van der Waals surface area contributed by atoms with Crippen molar-refractivity contribution in [2.45, 2.75) is 38.5 Å². The summed E-state index contributed by atoms with van der Waals surface area (Å²) in [5, 5.41) is 9.15. The summed E-state index contributed by atoms with van der Waals surface area (Å²) >= 11 is 0. The molecule has 0 radical (unpaired) electrons. The molecule has 1 aromatic carbocycles. The molecule has 1 fully saturated rings. The molecule has 0 saturated carbocycles. The minimum absolute atomic E-state index is 0.0313. The first-order valence-electron chi connectivity index (χ1n) is 6.49. The van der Waals surface area contributed by atoms with Gasteiger partial charge in [-0.05, 0) is 23.6 Å². The SMILES string of the molecule is CN1CC(CO)OC1c1ccc(C(C)(C)C)cc1. The van der Waals surface area contributed by atoms with Crippen LogP contribution in [-0.2, 0) is 10.2 Å². The first kappa shape index (κ1) is 13.5. The second-order valence-electron chi connectivity index (χ2n) is 6.10. The smallest absolute Gasteiger partial charge is 0.137 e. The molecule has 3 heteroatoms. The fourth-order valence-corrected chi connectivity index (χ4v) is 2.33. The molecule has 18 heavy (non-hydrogen) atoms. The van der Waals surface area contributed by atoms with Gasteiger partial charge in [0.15, 0.2) is 0 Å². The molecule has 0 spiro atoms. The van der Waals surface area contributed by atoms with E-state index in [0.29, 0.717) is 0 Å². The molecule has 100 valence electrons. The summed E-state index contributed by atoms with van der Waals surface area (Å²) in [6, 6.07) is 8.58. The van der Waals surface area contributed by atoms with E-state index in [-0.39, 0.29) is 24.4 Å². The zero-order valence-corrected chi connectivity index (χ0v) is 11.7. The molecule has 1 saturated heterocycles. The molecule has 1 N–H and O–H groups in total. The van der Waals surface area contributed by atoms with Gasteiger partial charge in [-0.1, -0.05) is 45.0 Å². The largest absolute Gasteiger partial charge is 0.394 e. The predicted molar refractivity (Wildman–Crippen MR) is 72.5 cm³/mol. The van der Waals surface area contributed by atoms with E-state index in [2.05, 4.69) is 49.9 Å². The number of ether oxygens (including phenoxy) is 1. The maximum Gasteiger partial charge on any atom is 0.137 e. The molecule has 0 aliphatic carbocycles. The van der Waals surface area contributed by atoms with Crippen molar-refractivity contribution < 1.29 is 9.84 Å². The van der Waals surface area contributed by atoms with Crippen LogP contribution in [0, 0.1) is 0 Å². The van der Waals surface area contributed by atoms with Crippen LogP contribution in [0.1, 0.15) is 38.1 Å². The van der Waals surface area contributed by atoms with Crippen molar-refractivity contribution in [3.8, 4) is 0 Å². The number of aliphatic hydroxyl groups is 1. The molecule has 2 unspecified atom stereocenters. The molecular weight excluding hydrogens is 226 g/mol. The van der Waals surface area contributed by atoms with Gasteiger partial charge in [0.1, 0.15) is 6.23 Å². The van der Waals surface area contributed by atoms with E-state index in [0.717, 1.165) is 12.1 Å². The van der Waals surface area contributed by atoms with E-state index < -0.39 is 0 Å². The van der Waals surface area contributed by atoms with E-state index in [9.17, 15) is 0 Å². The summed E-state index contributed by atoms with van der Waals surface area (Å²) in [7, 11) is 2.03. The van der Waals surface area contributed by atoms with Gasteiger partial charge in [0.2, 0.25) is 0 Å². The average Bonchev–Trinajstić information content (AvgIpc) is 2.70. The van der Waals surface area contributed by atoms with E-state index >= 15 is 0 Å². The van der Waals surface area contributed by atoms with Gasteiger partial charge in [0.25, 0.3) is 0 Å². The van der Waals surface area contributed by atoms with Gasteiger partial charge < -0.3 is 9.84 Å². The Kier molecular flexibility index (Phi) is 3.76. The fraction of sp³-hybridized carbons (Fsp3) is 0.600. The van der Waals surface area contributed by atoms with Gasteiger partial charge >= 0.3 is 0 Å². The third-order valence-corrected chi connectivity index (χ3v) is 3.48. The van der Waals surface area contributed by atoms with Crippen molar-refractivity contribution in [2.75, 3.05) is 20.2 Å². The van der Waals surface area contributed by atoms with Crippen molar-refractivity contribution in [3.63, 3.8) is 0 Å². The van der Waals surface area contributed by atoms with Crippen molar-refractivity contribution >= 4 is 0 Å². The minimum Gasteiger partial charge on any atom is -0.394 e. The zero-order valence-electron chi connectivity index (χ0n) is 11.7. The van der Waals surface area contributed by atoms with Crippen LogP contribution < -0.4 is 0 Å². The van der Waals surface area contributed by atoms with Crippen molar-refractivity contribution in [1.29, 1.82) is 0 Å². The summed E-state index contributed by atoms with van der Waals surface area (Å²) in [5.74, 6) is 0. The highest BCUT2D eigenvalue weighted by atomic mass is 16.5. The molecule has 1 aliphatic heterocycles. The number of rotatable bonds is 2. The Labute approximate surface area is 109 Å². The van der Waals surface area contributed by atoms with Crippen LogP contribution in [0.4, 0.5) is 0 Å². The van der Waals surface area contributed by atoms with Gasteiger partial charge in [0.05, 0.1) is 12.7 Å². The maximum absolute atomic E-state index is 9.15. The van der Waals surface area contributed by atoms with Crippen LogP contribution in [0.3, 0.4) is 0 Å². The quantitative estimate of drug-likeness (QED) is 0.873. The van der Waals surface area contributed by atoms with Crippen LogP contribution in [-0.4, -0.2) is 36.3 Å². The lowest BCUT2D eigenvalue weighted by molar-refractivity contribution is -0.0139. The van der Waals surface area contributed by atoms with E-state index in [1.165, 1.54) is 5.56 Å². The fourth-order valence-electron chi connectivity index (χ4n) is 2.33. The van der Waals surface area contributed by atoms with E-state index in [1.54, 1.807) is 0 Å². The number of nitrogens with zero attached hydrogens (tertiary/aromatic N) is 1. The summed E-state index contributed by atoms with van der Waals surface area (Å²) in [6.07, 6.45) is -0.0986. The van der Waals surface area contributed by atoms with E-state index in [1.807, 2.05) is 7.05 Å². The number of likely N-dealkylation sites (N-methyl/N-ethyl adjacent to an activating group) is 1. The first-order chi connectivity index (χ1) is 8.41. The van der Waals surface area contributed by atoms with Crippen LogP contribution in [0.15, 0.2) is 24.3 Å². The third-order valence-electron chi connectivity index (χ3n) is 3.48. The monoisotopic (exact) mass is 249 g/mol. The summed E-state index contributed by atoms with van der Waals surface area (Å²) in [5.41, 5.74) is 2.65. The number of benzene rings is 1. The van der Waals surface area contributed by atoms with Gasteiger partial charge in [-0.25, -0.2) is 0 Å². The molecular formula is C15H23NO2. The number of hydrogen-bond donors (Lipinski definition) is 1. The van der Waals surface area contributed by atoms with Gasteiger partial charge in [-0.3, -0.25) is 4.90 Å². The summed E-state index contributed by atoms with van der Waals surface area (Å²) < 4.78 is 5.81. The Hall–Kier alpha value is -0.900. The molecule has 3 nitrogen and oxygen atoms in total. The van der Waals surface area contributed by atoms with Gasteiger partial charge in [-0.2, -0.15) is 0 Å². The molecule has 2 rings (SSSR count). The highest BCUT2D eigenvalue weighted by molar-refractivity contribution is 5.28. The van der Waals surface area contributed by atoms with Crippen molar-refractivity contribution in [1.82, 2.24) is 4.90 Å². The molecule has 2 atom stereocenters. The highest BCUT2D eigenvalue weighted by Gasteiger charge is 2.30. The Morgan fingerprint density at radius 2 is 1.89 bits per heavy atom. The van der Waals surface area contributed by atoms with Crippen molar-refractivity contribution in [3.05, 3.63) is 35.4 Å². The van der Waals surface area contributed by atoms with Crippen LogP contribution in [0.5, 0.6) is 0 Å². The topological polar surface area (TPSA) is 32.7 Å². The third kappa shape index (κ3) is 2.74. The van der Waals surface area contributed by atoms with Gasteiger partial charge in [-0.15, -0.1) is 0 Å². The average molecular weight is 249 g/mol. The molecule has 1 aromatic rings. The lowest BCUT2D eigenvalue weighted by atomic mass is 9.86. The second kappa shape index (κ2) is 5.00. The van der Waals surface area contributed by atoms with Crippen LogP contribution in [0.2, 0.25) is 0 Å². The number of hydrogen-bond acceptors (Lipinski definition) is 3. The molecule has 1 aliphatic rings. The maximum atomic E-state index is 9.15. The second-order valence-corrected chi connectivity index (χ2v) is 6.10. The Morgan fingerprint density at radius 3 is 2.33 bits per heavy atom. The lowest BCUT2D eigenvalue weighted by Crippen LogP contribution is -2.21. The van der Waals surface area contributed by atoms with Crippen LogP contribution in [0.25, 0.3) is 0 Å². The Bertz CT molecular complexity index is 394. The lowest BCUT2D eigenvalue weighted by Gasteiger charge is -2.22. The van der Waals surface area contributed by atoms with Crippen LogP contribution >= 0.6 is 0 Å². The Morgan fingerprint density at radius 1 is 1.28 bits per heavy atom. The minimum atomic E-state index is -0.0673. The zero-order chi connectivity index (χ0) is 13.3. The normalized spacial score (nSPS) is 25.6. The molecule has 0 aromatic heterocycles. The Balaban J connectivity index is 2.15. The summed E-state index contributed by atoms with van der Waals surface area (Å²) in [6.45, 7) is 7.50. The number of aliphatic hydroxyl groups excluding tert-OH is 1. The highest BCUT2D eigenvalue weighted by Crippen LogP contribution is 2.30. The molecule has 0 bridgehead atoms. The predicted octanol–water partition coefficient (Wildman–Crippen LogP) is 2.31. The standard InChI is InChI=1S/C15H23NO2/c1-15(2,3)12-7-5-11(6-8-12)14-16(4)9-13(10-17)18-14/h5-8,13-14,17H,9-10H2,1-4H3. The van der Waals surface area contributed by atoms with Gasteiger partial charge in [0, 0.05) is 6.54 Å². The first-order valence-corrected chi connectivity index (χ1v) is 6.49. The molecule has 0 amide bonds. The molecule has 1 heterocycles.